The molecule has 1 rings (SSSR count). The molecular formula is C18H32IN3O. The van der Waals surface area contributed by atoms with Crippen molar-refractivity contribution in [1.82, 2.24) is 5.32 Å². The monoisotopic (exact) mass is 433 g/mol. The van der Waals surface area contributed by atoms with Crippen LogP contribution in [0.25, 0.3) is 0 Å². The van der Waals surface area contributed by atoms with Crippen LogP contribution in [-0.4, -0.2) is 32.3 Å². The molecule has 0 unspecified atom stereocenters. The summed E-state index contributed by atoms with van der Waals surface area (Å²) in [5.74, 6) is 0.516. The number of rotatable bonds is 8. The number of nitrogens with zero attached hydrogens (tertiary/aromatic N) is 1. The minimum atomic E-state index is 0. The Labute approximate surface area is 158 Å². The van der Waals surface area contributed by atoms with E-state index in [0.29, 0.717) is 12.5 Å². The lowest BCUT2D eigenvalue weighted by molar-refractivity contribution is 0.146. The molecule has 0 heterocycles. The van der Waals surface area contributed by atoms with Gasteiger partial charge in [0.1, 0.15) is 0 Å². The van der Waals surface area contributed by atoms with E-state index in [1.807, 2.05) is 6.92 Å². The van der Waals surface area contributed by atoms with E-state index >= 15 is 0 Å². The van der Waals surface area contributed by atoms with Gasteiger partial charge < -0.3 is 15.8 Å². The van der Waals surface area contributed by atoms with Gasteiger partial charge in [0.15, 0.2) is 5.96 Å². The highest BCUT2D eigenvalue weighted by Gasteiger charge is 2.12. The van der Waals surface area contributed by atoms with Crippen molar-refractivity contribution in [2.75, 3.05) is 26.3 Å². The molecule has 23 heavy (non-hydrogen) atoms. The van der Waals surface area contributed by atoms with Crippen LogP contribution in [0.5, 0.6) is 0 Å². The molecule has 0 saturated carbocycles. The van der Waals surface area contributed by atoms with Crippen molar-refractivity contribution < 1.29 is 4.74 Å². The molecule has 132 valence electrons. The van der Waals surface area contributed by atoms with E-state index in [1.54, 1.807) is 0 Å². The summed E-state index contributed by atoms with van der Waals surface area (Å²) in [4.78, 5) is 4.28. The second-order valence-electron chi connectivity index (χ2n) is 6.44. The number of guanidine groups is 1. The predicted octanol–water partition coefficient (Wildman–Crippen LogP) is 3.48. The highest BCUT2D eigenvalue weighted by molar-refractivity contribution is 14.0. The minimum absolute atomic E-state index is 0. The van der Waals surface area contributed by atoms with E-state index in [9.17, 15) is 0 Å². The van der Waals surface area contributed by atoms with Crippen molar-refractivity contribution in [3.05, 3.63) is 35.4 Å². The Morgan fingerprint density at radius 3 is 2.43 bits per heavy atom. The molecular weight excluding hydrogens is 401 g/mol. The fourth-order valence-corrected chi connectivity index (χ4v) is 2.07. The SMILES string of the molecule is CCOCCCN=C(N)NCCc1ccc(C(C)(C)C)cc1.I. The zero-order valence-corrected chi connectivity index (χ0v) is 17.2. The number of benzene rings is 1. The van der Waals surface area contributed by atoms with Gasteiger partial charge in [-0.15, -0.1) is 24.0 Å². The number of hydrogen-bond acceptors (Lipinski definition) is 2. The molecule has 0 aliphatic rings. The first kappa shape index (κ1) is 22.2. The summed E-state index contributed by atoms with van der Waals surface area (Å²) in [5, 5.41) is 3.15. The topological polar surface area (TPSA) is 59.6 Å². The molecule has 0 amide bonds. The number of nitrogens with two attached hydrogens (primary N) is 1. The summed E-state index contributed by atoms with van der Waals surface area (Å²) < 4.78 is 5.26. The molecule has 0 bridgehead atoms. The van der Waals surface area contributed by atoms with Crippen LogP contribution in [-0.2, 0) is 16.6 Å². The van der Waals surface area contributed by atoms with Gasteiger partial charge in [0.05, 0.1) is 0 Å². The lowest BCUT2D eigenvalue weighted by Gasteiger charge is -2.19. The van der Waals surface area contributed by atoms with E-state index < -0.39 is 0 Å². The third-order valence-electron chi connectivity index (χ3n) is 3.47. The van der Waals surface area contributed by atoms with Gasteiger partial charge in [-0.05, 0) is 36.3 Å². The summed E-state index contributed by atoms with van der Waals surface area (Å²) in [6.07, 6.45) is 1.85. The lowest BCUT2D eigenvalue weighted by Crippen LogP contribution is -2.33. The average Bonchev–Trinajstić information content (AvgIpc) is 2.46. The Balaban J connectivity index is 0.00000484. The van der Waals surface area contributed by atoms with Crippen LogP contribution in [0.4, 0.5) is 0 Å². The summed E-state index contributed by atoms with van der Waals surface area (Å²) in [6, 6.07) is 8.80. The van der Waals surface area contributed by atoms with Crippen molar-refractivity contribution in [3.8, 4) is 0 Å². The smallest absolute Gasteiger partial charge is 0.188 e. The predicted molar refractivity (Wildman–Crippen MR) is 110 cm³/mol. The third kappa shape index (κ3) is 9.81. The first-order chi connectivity index (χ1) is 10.4. The van der Waals surface area contributed by atoms with E-state index in [0.717, 1.165) is 32.6 Å². The van der Waals surface area contributed by atoms with Crippen LogP contribution in [0, 0.1) is 0 Å². The van der Waals surface area contributed by atoms with Gasteiger partial charge in [-0.25, -0.2) is 0 Å². The van der Waals surface area contributed by atoms with E-state index in [-0.39, 0.29) is 29.4 Å². The van der Waals surface area contributed by atoms with Gasteiger partial charge in [-0.2, -0.15) is 0 Å². The van der Waals surface area contributed by atoms with E-state index in [1.165, 1.54) is 11.1 Å². The Kier molecular flexibility index (Phi) is 11.3. The molecule has 0 spiro atoms. The molecule has 0 aromatic heterocycles. The van der Waals surface area contributed by atoms with Crippen LogP contribution in [0.1, 0.15) is 45.2 Å². The van der Waals surface area contributed by atoms with Crippen LogP contribution < -0.4 is 11.1 Å². The maximum absolute atomic E-state index is 5.83. The maximum Gasteiger partial charge on any atom is 0.188 e. The molecule has 0 fully saturated rings. The second kappa shape index (κ2) is 11.7. The molecule has 0 radical (unpaired) electrons. The van der Waals surface area contributed by atoms with Crippen molar-refractivity contribution >= 4 is 29.9 Å². The summed E-state index contributed by atoms with van der Waals surface area (Å²) >= 11 is 0. The van der Waals surface area contributed by atoms with Crippen molar-refractivity contribution in [1.29, 1.82) is 0 Å². The Morgan fingerprint density at radius 1 is 1.22 bits per heavy atom. The third-order valence-corrected chi connectivity index (χ3v) is 3.47. The molecule has 0 aliphatic heterocycles. The molecule has 1 aromatic carbocycles. The summed E-state index contributed by atoms with van der Waals surface area (Å²) in [7, 11) is 0. The molecule has 0 saturated heterocycles. The Morgan fingerprint density at radius 2 is 1.87 bits per heavy atom. The highest BCUT2D eigenvalue weighted by Crippen LogP contribution is 2.22. The van der Waals surface area contributed by atoms with Gasteiger partial charge in [0, 0.05) is 26.3 Å². The number of aliphatic imine (C=N–C) groups is 1. The van der Waals surface area contributed by atoms with Gasteiger partial charge in [-0.3, -0.25) is 4.99 Å². The van der Waals surface area contributed by atoms with E-state index in [4.69, 9.17) is 10.5 Å². The van der Waals surface area contributed by atoms with Gasteiger partial charge in [-0.1, -0.05) is 45.0 Å². The van der Waals surface area contributed by atoms with Crippen molar-refractivity contribution in [2.24, 2.45) is 10.7 Å². The molecule has 3 N–H and O–H groups in total. The number of halogens is 1. The average molecular weight is 433 g/mol. The zero-order chi connectivity index (χ0) is 16.4. The van der Waals surface area contributed by atoms with Gasteiger partial charge in [0.25, 0.3) is 0 Å². The van der Waals surface area contributed by atoms with Crippen LogP contribution in [0.3, 0.4) is 0 Å². The summed E-state index contributed by atoms with van der Waals surface area (Å²) in [5.41, 5.74) is 8.71. The molecule has 4 nitrogen and oxygen atoms in total. The second-order valence-corrected chi connectivity index (χ2v) is 6.44. The first-order valence-corrected chi connectivity index (χ1v) is 8.14. The Bertz CT molecular complexity index is 452. The number of hydrogen-bond donors (Lipinski definition) is 2. The number of nitrogens with one attached hydrogen (secondary N) is 1. The molecule has 0 atom stereocenters. The fourth-order valence-electron chi connectivity index (χ4n) is 2.07. The molecule has 0 aliphatic carbocycles. The minimum Gasteiger partial charge on any atom is -0.382 e. The standard InChI is InChI=1S/C18H31N3O.HI/c1-5-22-14-6-12-20-17(19)21-13-11-15-7-9-16(10-8-15)18(2,3)4;/h7-10H,5-6,11-14H2,1-4H3,(H3,19,20,21);1H. The van der Waals surface area contributed by atoms with Crippen LogP contribution in [0.15, 0.2) is 29.3 Å². The quantitative estimate of drug-likeness (QED) is 0.286. The van der Waals surface area contributed by atoms with Crippen LogP contribution >= 0.6 is 24.0 Å². The molecule has 5 heteroatoms. The first-order valence-electron chi connectivity index (χ1n) is 8.14. The Hall–Kier alpha value is -0.820. The largest absolute Gasteiger partial charge is 0.382 e. The van der Waals surface area contributed by atoms with Crippen LogP contribution in [0.2, 0.25) is 0 Å². The summed E-state index contributed by atoms with van der Waals surface area (Å²) in [6.45, 7) is 11.7. The van der Waals surface area contributed by atoms with E-state index in [2.05, 4.69) is 55.3 Å². The van der Waals surface area contributed by atoms with Crippen molar-refractivity contribution in [2.45, 2.75) is 46.0 Å². The van der Waals surface area contributed by atoms with Crippen molar-refractivity contribution in [3.63, 3.8) is 0 Å². The normalized spacial score (nSPS) is 11.9. The highest BCUT2D eigenvalue weighted by atomic mass is 127. The van der Waals surface area contributed by atoms with Gasteiger partial charge >= 0.3 is 0 Å². The zero-order valence-electron chi connectivity index (χ0n) is 14.9. The van der Waals surface area contributed by atoms with Gasteiger partial charge in [0.2, 0.25) is 0 Å². The maximum atomic E-state index is 5.83. The fraction of sp³-hybridized carbons (Fsp3) is 0.611. The molecule has 1 aromatic rings. The number of ether oxygens (including phenoxy) is 1. The lowest BCUT2D eigenvalue weighted by atomic mass is 9.86.